The van der Waals surface area contributed by atoms with E-state index in [9.17, 15) is 38.7 Å². The number of carbonyl (C=O) groups is 7. The minimum atomic E-state index is -1.58. The van der Waals surface area contributed by atoms with Gasteiger partial charge in [-0.2, -0.15) is 0 Å². The molecule has 0 aliphatic heterocycles. The van der Waals surface area contributed by atoms with Crippen LogP contribution in [0.5, 0.6) is 0 Å². The summed E-state index contributed by atoms with van der Waals surface area (Å²) in [6, 6.07) is -5.62. The first kappa shape index (κ1) is 31.2. The van der Waals surface area contributed by atoms with E-state index in [0.717, 1.165) is 0 Å². The lowest BCUT2D eigenvalue weighted by Crippen LogP contribution is -2.57. The van der Waals surface area contributed by atoms with Crippen molar-refractivity contribution in [1.29, 1.82) is 0 Å². The molecule has 4 unspecified atom stereocenters. The zero-order valence-corrected chi connectivity index (χ0v) is 19.6. The van der Waals surface area contributed by atoms with E-state index in [2.05, 4.69) is 16.0 Å². The minimum Gasteiger partial charge on any atom is -0.481 e. The molecule has 0 spiro atoms. The molecule has 198 valence electrons. The van der Waals surface area contributed by atoms with Gasteiger partial charge in [-0.1, -0.05) is 13.8 Å². The Bertz CT molecular complexity index is 817. The first-order chi connectivity index (χ1) is 16.1. The topological polar surface area (TPSA) is 274 Å². The molecule has 35 heavy (non-hydrogen) atoms. The summed E-state index contributed by atoms with van der Waals surface area (Å²) in [7, 11) is 0. The highest BCUT2D eigenvalue weighted by Gasteiger charge is 2.31. The standard InChI is InChI=1S/C20H34N6O9/c1-9(2)7-13(20(34)35)26-18(32)11(4-6-16(29)30)24-19(33)12(8-15(23)28)25-17(31)10(21)3-5-14(22)27/h9-13H,3-8,21H2,1-2H3,(H2,22,27)(H2,23,28)(H,24,33)(H,25,31)(H,26,32)(H,29,30)(H,34,35). The number of hydrogen-bond acceptors (Lipinski definition) is 8. The molecule has 5 amide bonds. The molecule has 15 nitrogen and oxygen atoms in total. The van der Waals surface area contributed by atoms with Crippen LogP contribution in [0.3, 0.4) is 0 Å². The Hall–Kier alpha value is -3.75. The number of carbonyl (C=O) groups excluding carboxylic acids is 5. The maximum Gasteiger partial charge on any atom is 0.326 e. The van der Waals surface area contributed by atoms with Crippen LogP contribution in [0, 0.1) is 5.92 Å². The lowest BCUT2D eigenvalue weighted by atomic mass is 10.0. The summed E-state index contributed by atoms with van der Waals surface area (Å²) in [5.74, 6) is -7.31. The van der Waals surface area contributed by atoms with Gasteiger partial charge in [-0.05, 0) is 25.2 Å². The summed E-state index contributed by atoms with van der Waals surface area (Å²) in [6.45, 7) is 3.47. The second kappa shape index (κ2) is 15.2. The number of nitrogens with one attached hydrogen (secondary N) is 3. The van der Waals surface area contributed by atoms with E-state index in [-0.39, 0.29) is 25.2 Å². The number of carboxylic acid groups (broad SMARTS) is 2. The van der Waals surface area contributed by atoms with Crippen molar-refractivity contribution in [2.75, 3.05) is 0 Å². The van der Waals surface area contributed by atoms with Gasteiger partial charge in [-0.3, -0.25) is 28.8 Å². The van der Waals surface area contributed by atoms with Crippen LogP contribution in [0.4, 0.5) is 0 Å². The number of aliphatic carboxylic acids is 2. The third-order valence-electron chi connectivity index (χ3n) is 4.68. The summed E-state index contributed by atoms with van der Waals surface area (Å²) in [5.41, 5.74) is 15.8. The fourth-order valence-electron chi connectivity index (χ4n) is 2.89. The average molecular weight is 503 g/mol. The highest BCUT2D eigenvalue weighted by Crippen LogP contribution is 2.07. The Labute approximate surface area is 201 Å². The molecule has 0 aromatic heterocycles. The lowest BCUT2D eigenvalue weighted by Gasteiger charge is -2.25. The Morgan fingerprint density at radius 3 is 1.69 bits per heavy atom. The molecule has 0 heterocycles. The van der Waals surface area contributed by atoms with Gasteiger partial charge < -0.3 is 43.4 Å². The smallest absolute Gasteiger partial charge is 0.326 e. The number of rotatable bonds is 17. The van der Waals surface area contributed by atoms with Crippen molar-refractivity contribution in [2.24, 2.45) is 23.1 Å². The van der Waals surface area contributed by atoms with Crippen LogP contribution >= 0.6 is 0 Å². The molecule has 0 aromatic rings. The van der Waals surface area contributed by atoms with Gasteiger partial charge in [0, 0.05) is 12.8 Å². The number of hydrogen-bond donors (Lipinski definition) is 8. The monoisotopic (exact) mass is 502 g/mol. The van der Waals surface area contributed by atoms with Crippen molar-refractivity contribution in [2.45, 2.75) is 76.5 Å². The highest BCUT2D eigenvalue weighted by atomic mass is 16.4. The lowest BCUT2D eigenvalue weighted by molar-refractivity contribution is -0.143. The van der Waals surface area contributed by atoms with Gasteiger partial charge in [0.15, 0.2) is 0 Å². The van der Waals surface area contributed by atoms with Crippen LogP contribution in [0.15, 0.2) is 0 Å². The molecule has 0 aromatic carbocycles. The SMILES string of the molecule is CC(C)CC(NC(=O)C(CCC(=O)O)NC(=O)C(CC(N)=O)NC(=O)C(N)CCC(N)=O)C(=O)O. The normalized spacial score (nSPS) is 14.2. The summed E-state index contributed by atoms with van der Waals surface area (Å²) in [6.07, 6.45) is -1.91. The molecular formula is C20H34N6O9. The van der Waals surface area contributed by atoms with Crippen LogP contribution in [-0.4, -0.2) is 75.9 Å². The van der Waals surface area contributed by atoms with Gasteiger partial charge in [-0.25, -0.2) is 4.79 Å². The molecule has 11 N–H and O–H groups in total. The van der Waals surface area contributed by atoms with Gasteiger partial charge in [-0.15, -0.1) is 0 Å². The van der Waals surface area contributed by atoms with E-state index in [1.165, 1.54) is 0 Å². The average Bonchev–Trinajstić information content (AvgIpc) is 2.72. The number of nitrogens with two attached hydrogens (primary N) is 3. The van der Waals surface area contributed by atoms with Gasteiger partial charge in [0.1, 0.15) is 18.1 Å². The zero-order valence-electron chi connectivity index (χ0n) is 19.6. The van der Waals surface area contributed by atoms with Gasteiger partial charge in [0.25, 0.3) is 0 Å². The van der Waals surface area contributed by atoms with Gasteiger partial charge >= 0.3 is 11.9 Å². The molecular weight excluding hydrogens is 468 g/mol. The summed E-state index contributed by atoms with van der Waals surface area (Å²) < 4.78 is 0. The first-order valence-corrected chi connectivity index (χ1v) is 10.8. The van der Waals surface area contributed by atoms with E-state index < -0.39 is 84.9 Å². The molecule has 15 heteroatoms. The molecule has 0 bridgehead atoms. The third-order valence-corrected chi connectivity index (χ3v) is 4.68. The van der Waals surface area contributed by atoms with Crippen LogP contribution < -0.4 is 33.2 Å². The summed E-state index contributed by atoms with van der Waals surface area (Å²) in [5, 5.41) is 25.0. The molecule has 0 fully saturated rings. The minimum absolute atomic E-state index is 0.0736. The zero-order chi connectivity index (χ0) is 27.3. The largest absolute Gasteiger partial charge is 0.481 e. The number of primary amides is 2. The first-order valence-electron chi connectivity index (χ1n) is 10.8. The van der Waals surface area contributed by atoms with E-state index in [0.29, 0.717) is 0 Å². The third kappa shape index (κ3) is 13.5. The molecule has 0 rings (SSSR count). The van der Waals surface area contributed by atoms with E-state index in [4.69, 9.17) is 22.3 Å². The molecule has 0 aliphatic rings. The number of amides is 5. The predicted octanol–water partition coefficient (Wildman–Crippen LogP) is -3.10. The van der Waals surface area contributed by atoms with Gasteiger partial charge in [0.2, 0.25) is 29.5 Å². The van der Waals surface area contributed by atoms with Crippen LogP contribution in [0.2, 0.25) is 0 Å². The van der Waals surface area contributed by atoms with Crippen molar-refractivity contribution in [3.05, 3.63) is 0 Å². The molecule has 0 aliphatic carbocycles. The highest BCUT2D eigenvalue weighted by molar-refractivity contribution is 5.96. The fourth-order valence-corrected chi connectivity index (χ4v) is 2.89. The number of carboxylic acids is 2. The van der Waals surface area contributed by atoms with Crippen molar-refractivity contribution >= 4 is 41.5 Å². The molecule has 0 saturated heterocycles. The maximum atomic E-state index is 12.8. The van der Waals surface area contributed by atoms with Crippen molar-refractivity contribution in [3.63, 3.8) is 0 Å². The Kier molecular flexibility index (Phi) is 13.6. The molecule has 0 saturated carbocycles. The summed E-state index contributed by atoms with van der Waals surface area (Å²) >= 11 is 0. The van der Waals surface area contributed by atoms with E-state index >= 15 is 0 Å². The second-order valence-corrected chi connectivity index (χ2v) is 8.37. The fraction of sp³-hybridized carbons (Fsp3) is 0.650. The van der Waals surface area contributed by atoms with Crippen molar-refractivity contribution in [3.8, 4) is 0 Å². The van der Waals surface area contributed by atoms with E-state index in [1.54, 1.807) is 13.8 Å². The van der Waals surface area contributed by atoms with Crippen molar-refractivity contribution in [1.82, 2.24) is 16.0 Å². The second-order valence-electron chi connectivity index (χ2n) is 8.37. The van der Waals surface area contributed by atoms with Gasteiger partial charge in [0.05, 0.1) is 12.5 Å². The maximum absolute atomic E-state index is 12.8. The quantitative estimate of drug-likeness (QED) is 0.0991. The molecule has 4 atom stereocenters. The van der Waals surface area contributed by atoms with E-state index in [1.807, 2.05) is 0 Å². The Balaban J connectivity index is 5.57. The molecule has 0 radical (unpaired) electrons. The van der Waals surface area contributed by atoms with Crippen molar-refractivity contribution < 1.29 is 43.8 Å². The van der Waals surface area contributed by atoms with Crippen LogP contribution in [-0.2, 0) is 33.6 Å². The Morgan fingerprint density at radius 1 is 0.714 bits per heavy atom. The van der Waals surface area contributed by atoms with Crippen LogP contribution in [0.25, 0.3) is 0 Å². The summed E-state index contributed by atoms with van der Waals surface area (Å²) in [4.78, 5) is 82.5. The van der Waals surface area contributed by atoms with Crippen LogP contribution in [0.1, 0.15) is 52.4 Å². The Morgan fingerprint density at radius 2 is 1.23 bits per heavy atom. The predicted molar refractivity (Wildman–Crippen MR) is 120 cm³/mol.